The van der Waals surface area contributed by atoms with E-state index in [1.807, 2.05) is 6.92 Å². The summed E-state index contributed by atoms with van der Waals surface area (Å²) in [4.78, 5) is 0. The Labute approximate surface area is 86.0 Å². The Balaban J connectivity index is 3.03. The molecule has 3 atom stereocenters. The molecule has 4 N–H and O–H groups in total. The first-order chi connectivity index (χ1) is 6.37. The molecule has 1 rings (SSSR count). The molecule has 0 saturated heterocycles. The Morgan fingerprint density at radius 1 is 1.43 bits per heavy atom. The van der Waals surface area contributed by atoms with Gasteiger partial charge in [-0.1, -0.05) is 6.92 Å². The highest BCUT2D eigenvalue weighted by atomic mass is 32.2. The van der Waals surface area contributed by atoms with Gasteiger partial charge in [0.05, 0.1) is 4.75 Å². The van der Waals surface area contributed by atoms with E-state index in [4.69, 9.17) is 11.5 Å². The zero-order valence-electron chi connectivity index (χ0n) is 8.86. The average molecular weight is 220 g/mol. The first kappa shape index (κ1) is 11.9. The third-order valence-electron chi connectivity index (χ3n) is 3.64. The summed E-state index contributed by atoms with van der Waals surface area (Å²) in [5.74, 6) is 0.430. The van der Waals surface area contributed by atoms with Crippen LogP contribution in [0, 0.1) is 11.8 Å². The molecule has 84 valence electrons. The van der Waals surface area contributed by atoms with Crippen LogP contribution >= 0.6 is 0 Å². The third-order valence-corrected chi connectivity index (χ3v) is 5.85. The summed E-state index contributed by atoms with van der Waals surface area (Å²) < 4.78 is 22.8. The Morgan fingerprint density at radius 3 is 2.21 bits per heavy atom. The van der Waals surface area contributed by atoms with Crippen molar-refractivity contribution >= 4 is 9.84 Å². The monoisotopic (exact) mass is 220 g/mol. The van der Waals surface area contributed by atoms with Crippen LogP contribution in [-0.4, -0.2) is 32.5 Å². The van der Waals surface area contributed by atoms with Gasteiger partial charge in [-0.15, -0.1) is 0 Å². The first-order valence-electron chi connectivity index (χ1n) is 4.97. The van der Waals surface area contributed by atoms with Gasteiger partial charge in [-0.25, -0.2) is 8.42 Å². The van der Waals surface area contributed by atoms with Gasteiger partial charge >= 0.3 is 0 Å². The molecule has 1 fully saturated rings. The predicted molar refractivity (Wildman–Crippen MR) is 57.6 cm³/mol. The van der Waals surface area contributed by atoms with Crippen LogP contribution in [-0.2, 0) is 9.84 Å². The van der Waals surface area contributed by atoms with E-state index in [1.165, 1.54) is 6.26 Å². The quantitative estimate of drug-likeness (QED) is 0.685. The lowest BCUT2D eigenvalue weighted by atomic mass is 9.97. The molecule has 0 aliphatic heterocycles. The molecular formula is C9H20N2O2S. The van der Waals surface area contributed by atoms with Gasteiger partial charge in [-0.3, -0.25) is 0 Å². The Kier molecular flexibility index (Phi) is 3.23. The van der Waals surface area contributed by atoms with Crippen LogP contribution in [0.15, 0.2) is 0 Å². The fourth-order valence-corrected chi connectivity index (χ4v) is 4.29. The van der Waals surface area contributed by atoms with Crippen molar-refractivity contribution in [3.05, 3.63) is 0 Å². The van der Waals surface area contributed by atoms with Crippen LogP contribution in [0.3, 0.4) is 0 Å². The van der Waals surface area contributed by atoms with Crippen molar-refractivity contribution in [1.82, 2.24) is 0 Å². The Bertz CT molecular complexity index is 302. The number of rotatable bonds is 3. The van der Waals surface area contributed by atoms with Crippen molar-refractivity contribution in [2.45, 2.75) is 24.5 Å². The van der Waals surface area contributed by atoms with E-state index >= 15 is 0 Å². The zero-order chi connectivity index (χ0) is 11.0. The molecule has 0 spiro atoms. The molecule has 1 aliphatic carbocycles. The topological polar surface area (TPSA) is 86.2 Å². The molecule has 5 heteroatoms. The lowest BCUT2D eigenvalue weighted by Gasteiger charge is -2.30. The van der Waals surface area contributed by atoms with E-state index in [0.29, 0.717) is 18.9 Å². The van der Waals surface area contributed by atoms with Crippen LogP contribution in [0.2, 0.25) is 0 Å². The molecule has 0 aromatic carbocycles. The van der Waals surface area contributed by atoms with Crippen LogP contribution in [0.25, 0.3) is 0 Å². The Hall–Kier alpha value is -0.130. The van der Waals surface area contributed by atoms with Crippen LogP contribution in [0.4, 0.5) is 0 Å². The summed E-state index contributed by atoms with van der Waals surface area (Å²) in [6.07, 6.45) is 2.79. The molecule has 0 radical (unpaired) electrons. The lowest BCUT2D eigenvalue weighted by molar-refractivity contribution is 0.436. The summed E-state index contributed by atoms with van der Waals surface area (Å²) in [6, 6.07) is 0. The van der Waals surface area contributed by atoms with Gasteiger partial charge in [0.2, 0.25) is 0 Å². The van der Waals surface area contributed by atoms with Crippen LogP contribution in [0.5, 0.6) is 0 Å². The maximum Gasteiger partial charge on any atom is 0.154 e. The second-order valence-corrected chi connectivity index (χ2v) is 6.84. The normalized spacial score (nSPS) is 38.9. The molecular weight excluding hydrogens is 200 g/mol. The summed E-state index contributed by atoms with van der Waals surface area (Å²) in [5, 5.41) is 0. The van der Waals surface area contributed by atoms with Crippen molar-refractivity contribution in [1.29, 1.82) is 0 Å². The fraction of sp³-hybridized carbons (Fsp3) is 1.00. The standard InChI is InChI=1S/C9H20N2O2S/c1-7-3-8(5-10)4-9(7,6-11)14(2,12)13/h7-8H,3-6,10-11H2,1-2H3. The second kappa shape index (κ2) is 3.79. The minimum absolute atomic E-state index is 0.121. The minimum Gasteiger partial charge on any atom is -0.330 e. The van der Waals surface area contributed by atoms with Gasteiger partial charge in [0.1, 0.15) is 0 Å². The van der Waals surface area contributed by atoms with E-state index in [9.17, 15) is 8.42 Å². The van der Waals surface area contributed by atoms with E-state index in [2.05, 4.69) is 0 Å². The summed E-state index contributed by atoms with van der Waals surface area (Å²) in [5.41, 5.74) is 11.2. The number of nitrogens with two attached hydrogens (primary N) is 2. The summed E-state index contributed by atoms with van der Waals surface area (Å²) in [6.45, 7) is 2.73. The maximum absolute atomic E-state index is 11.7. The maximum atomic E-state index is 11.7. The molecule has 3 unspecified atom stereocenters. The fourth-order valence-electron chi connectivity index (χ4n) is 2.62. The Morgan fingerprint density at radius 2 is 2.00 bits per heavy atom. The molecule has 1 aliphatic rings. The highest BCUT2D eigenvalue weighted by Crippen LogP contribution is 2.43. The van der Waals surface area contributed by atoms with Crippen molar-refractivity contribution in [2.75, 3.05) is 19.3 Å². The van der Waals surface area contributed by atoms with Gasteiger partial charge in [-0.2, -0.15) is 0 Å². The highest BCUT2D eigenvalue weighted by Gasteiger charge is 2.50. The number of sulfone groups is 1. The van der Waals surface area contributed by atoms with Gasteiger partial charge in [-0.05, 0) is 31.2 Å². The van der Waals surface area contributed by atoms with E-state index < -0.39 is 14.6 Å². The molecule has 0 bridgehead atoms. The third kappa shape index (κ3) is 1.68. The minimum atomic E-state index is -3.09. The largest absolute Gasteiger partial charge is 0.330 e. The molecule has 14 heavy (non-hydrogen) atoms. The molecule has 0 aromatic heterocycles. The highest BCUT2D eigenvalue weighted by molar-refractivity contribution is 7.92. The molecule has 0 heterocycles. The first-order valence-corrected chi connectivity index (χ1v) is 6.86. The molecule has 1 saturated carbocycles. The van der Waals surface area contributed by atoms with Gasteiger partial charge in [0.15, 0.2) is 9.84 Å². The predicted octanol–water partition coefficient (Wildman–Crippen LogP) is -0.267. The number of hydrogen-bond acceptors (Lipinski definition) is 4. The van der Waals surface area contributed by atoms with Crippen LogP contribution < -0.4 is 11.5 Å². The van der Waals surface area contributed by atoms with Gasteiger partial charge in [0.25, 0.3) is 0 Å². The number of hydrogen-bond donors (Lipinski definition) is 2. The zero-order valence-corrected chi connectivity index (χ0v) is 9.68. The lowest BCUT2D eigenvalue weighted by Crippen LogP contribution is -2.47. The molecule has 4 nitrogen and oxygen atoms in total. The van der Waals surface area contributed by atoms with E-state index in [0.717, 1.165) is 6.42 Å². The van der Waals surface area contributed by atoms with E-state index in [-0.39, 0.29) is 12.5 Å². The molecule has 0 amide bonds. The molecule has 0 aromatic rings. The average Bonchev–Trinajstić information content (AvgIpc) is 2.42. The summed E-state index contributed by atoms with van der Waals surface area (Å²) >= 11 is 0. The summed E-state index contributed by atoms with van der Waals surface area (Å²) in [7, 11) is -3.09. The van der Waals surface area contributed by atoms with E-state index in [1.54, 1.807) is 0 Å². The SMILES string of the molecule is CC1CC(CN)CC1(CN)S(C)(=O)=O. The van der Waals surface area contributed by atoms with Gasteiger partial charge < -0.3 is 11.5 Å². The van der Waals surface area contributed by atoms with Crippen LogP contribution in [0.1, 0.15) is 19.8 Å². The smallest absolute Gasteiger partial charge is 0.154 e. The van der Waals surface area contributed by atoms with Crippen molar-refractivity contribution in [3.8, 4) is 0 Å². The van der Waals surface area contributed by atoms with Crippen molar-refractivity contribution < 1.29 is 8.42 Å². The van der Waals surface area contributed by atoms with Crippen molar-refractivity contribution in [3.63, 3.8) is 0 Å². The second-order valence-electron chi connectivity index (χ2n) is 4.48. The van der Waals surface area contributed by atoms with Crippen molar-refractivity contribution in [2.24, 2.45) is 23.3 Å². The van der Waals surface area contributed by atoms with Gasteiger partial charge in [0, 0.05) is 12.8 Å².